The number of anilines is 1. The summed E-state index contributed by atoms with van der Waals surface area (Å²) in [6, 6.07) is 9.37. The molecule has 0 saturated carbocycles. The SMILES string of the molecule is [CH2]CCCC(CC)N(c1nc2oc(-c3ccc(CC)cc3)c(C(=O)NC)c2cc1I)S(C)(=O)=O. The van der Waals surface area contributed by atoms with Crippen molar-refractivity contribution in [2.75, 3.05) is 17.6 Å². The van der Waals surface area contributed by atoms with Gasteiger partial charge in [-0.3, -0.25) is 4.79 Å². The average molecular weight is 597 g/mol. The maximum absolute atomic E-state index is 12.9. The van der Waals surface area contributed by atoms with Gasteiger partial charge in [-0.25, -0.2) is 12.7 Å². The number of amides is 1. The number of rotatable bonds is 10. The minimum absolute atomic E-state index is 0.226. The highest BCUT2D eigenvalue weighted by Crippen LogP contribution is 2.37. The Kier molecular flexibility index (Phi) is 8.62. The van der Waals surface area contributed by atoms with Gasteiger partial charge in [0.2, 0.25) is 15.7 Å². The Morgan fingerprint density at radius 2 is 1.94 bits per heavy atom. The minimum atomic E-state index is -3.61. The third-order valence-electron chi connectivity index (χ3n) is 5.85. The summed E-state index contributed by atoms with van der Waals surface area (Å²) in [6.45, 7) is 7.92. The molecule has 7 nitrogen and oxygen atoms in total. The number of halogens is 1. The largest absolute Gasteiger partial charge is 0.437 e. The molecule has 183 valence electrons. The number of fused-ring (bicyclic) bond motifs is 1. The van der Waals surface area contributed by atoms with Crippen LogP contribution in [0.2, 0.25) is 0 Å². The van der Waals surface area contributed by atoms with Crippen molar-refractivity contribution in [2.45, 2.75) is 52.0 Å². The summed E-state index contributed by atoms with van der Waals surface area (Å²) in [6.07, 6.45) is 4.95. The van der Waals surface area contributed by atoms with Crippen LogP contribution >= 0.6 is 22.6 Å². The first-order valence-corrected chi connectivity index (χ1v) is 14.3. The van der Waals surface area contributed by atoms with Gasteiger partial charge < -0.3 is 9.73 Å². The molecule has 1 atom stereocenters. The Morgan fingerprint density at radius 3 is 2.47 bits per heavy atom. The lowest BCUT2D eigenvalue weighted by molar-refractivity contribution is 0.0964. The number of benzene rings is 1. The lowest BCUT2D eigenvalue weighted by Gasteiger charge is -2.30. The smallest absolute Gasteiger partial charge is 0.255 e. The van der Waals surface area contributed by atoms with Gasteiger partial charge in [-0.05, 0) is 53.5 Å². The van der Waals surface area contributed by atoms with E-state index in [0.29, 0.717) is 38.9 Å². The Balaban J connectivity index is 2.24. The van der Waals surface area contributed by atoms with E-state index in [1.807, 2.05) is 31.2 Å². The van der Waals surface area contributed by atoms with Crippen molar-refractivity contribution in [2.24, 2.45) is 0 Å². The van der Waals surface area contributed by atoms with Gasteiger partial charge in [0.15, 0.2) is 5.82 Å². The highest BCUT2D eigenvalue weighted by molar-refractivity contribution is 14.1. The van der Waals surface area contributed by atoms with E-state index >= 15 is 0 Å². The molecule has 2 aromatic heterocycles. The van der Waals surface area contributed by atoms with E-state index in [2.05, 4.69) is 46.7 Å². The van der Waals surface area contributed by atoms with Crippen molar-refractivity contribution < 1.29 is 17.6 Å². The molecular weight excluding hydrogens is 565 g/mol. The van der Waals surface area contributed by atoms with Crippen LogP contribution in [0.15, 0.2) is 34.7 Å². The third kappa shape index (κ3) is 5.40. The lowest BCUT2D eigenvalue weighted by atomic mass is 10.0. The maximum Gasteiger partial charge on any atom is 0.255 e. The molecule has 9 heteroatoms. The second kappa shape index (κ2) is 11.1. The number of carbonyl (C=O) groups excluding carboxylic acids is 1. The molecular formula is C25H31IN3O4S. The number of hydrogen-bond donors (Lipinski definition) is 1. The number of aromatic nitrogens is 1. The molecule has 0 fully saturated rings. The quantitative estimate of drug-likeness (QED) is 0.309. The van der Waals surface area contributed by atoms with E-state index < -0.39 is 10.0 Å². The molecule has 0 aliphatic carbocycles. The number of sulfonamides is 1. The van der Waals surface area contributed by atoms with Gasteiger partial charge in [0.05, 0.1) is 20.8 Å². The molecule has 1 amide bonds. The number of carbonyl (C=O) groups is 1. The zero-order chi connectivity index (χ0) is 25.0. The molecule has 0 bridgehead atoms. The first-order chi connectivity index (χ1) is 16.2. The number of nitrogens with zero attached hydrogens (tertiary/aromatic N) is 2. The molecule has 3 aromatic rings. The molecule has 0 spiro atoms. The number of pyridine rings is 1. The van der Waals surface area contributed by atoms with Gasteiger partial charge >= 0.3 is 0 Å². The normalized spacial score (nSPS) is 12.6. The zero-order valence-electron chi connectivity index (χ0n) is 20.0. The maximum atomic E-state index is 12.9. The summed E-state index contributed by atoms with van der Waals surface area (Å²) in [5.41, 5.74) is 2.54. The van der Waals surface area contributed by atoms with E-state index in [4.69, 9.17) is 4.42 Å². The minimum Gasteiger partial charge on any atom is -0.437 e. The summed E-state index contributed by atoms with van der Waals surface area (Å²) in [4.78, 5) is 17.5. The van der Waals surface area contributed by atoms with E-state index in [1.165, 1.54) is 16.1 Å². The van der Waals surface area contributed by atoms with Crippen molar-refractivity contribution in [1.29, 1.82) is 0 Å². The van der Waals surface area contributed by atoms with Gasteiger partial charge in [-0.2, -0.15) is 4.98 Å². The van der Waals surface area contributed by atoms with E-state index in [0.717, 1.165) is 24.8 Å². The summed E-state index contributed by atoms with van der Waals surface area (Å²) in [5.74, 6) is 0.435. The molecule has 3 rings (SSSR count). The molecule has 1 aromatic carbocycles. The molecule has 34 heavy (non-hydrogen) atoms. The molecule has 0 aliphatic heterocycles. The highest BCUT2D eigenvalue weighted by Gasteiger charge is 2.31. The number of nitrogens with one attached hydrogen (secondary N) is 1. The highest BCUT2D eigenvalue weighted by atomic mass is 127. The van der Waals surface area contributed by atoms with Crippen LogP contribution in [0.3, 0.4) is 0 Å². The van der Waals surface area contributed by atoms with Gasteiger partial charge in [0.1, 0.15) is 5.76 Å². The Labute approximate surface area is 215 Å². The van der Waals surface area contributed by atoms with E-state index in [-0.39, 0.29) is 17.7 Å². The predicted octanol–water partition coefficient (Wildman–Crippen LogP) is 5.57. The lowest BCUT2D eigenvalue weighted by Crippen LogP contribution is -2.40. The van der Waals surface area contributed by atoms with E-state index in [9.17, 15) is 13.2 Å². The Morgan fingerprint density at radius 1 is 1.26 bits per heavy atom. The van der Waals surface area contributed by atoms with Crippen LogP contribution in [0.5, 0.6) is 0 Å². The number of unbranched alkanes of at least 4 members (excludes halogenated alkanes) is 1. The fraction of sp³-hybridized carbons (Fsp3) is 0.400. The standard InChI is InChI=1S/C25H31IN3O4S/c1-6-9-10-18(8-3)29(34(5,31)32)23-20(26)15-19-21(24(30)27-4)22(33-25(19)28-23)17-13-11-16(7-2)12-14-17/h11-15,18H,1,6-10H2,2-5H3,(H,27,30). The molecule has 1 N–H and O–H groups in total. The second-order valence-electron chi connectivity index (χ2n) is 8.20. The van der Waals surface area contributed by atoms with Crippen LogP contribution in [0.4, 0.5) is 5.82 Å². The fourth-order valence-corrected chi connectivity index (χ4v) is 6.16. The summed E-state index contributed by atoms with van der Waals surface area (Å²) >= 11 is 2.08. The number of hydrogen-bond acceptors (Lipinski definition) is 5. The predicted molar refractivity (Wildman–Crippen MR) is 146 cm³/mol. The van der Waals surface area contributed by atoms with Gasteiger partial charge in [-0.1, -0.05) is 57.9 Å². The van der Waals surface area contributed by atoms with Crippen LogP contribution in [-0.4, -0.2) is 38.7 Å². The van der Waals surface area contributed by atoms with Crippen molar-refractivity contribution in [3.63, 3.8) is 0 Å². The topological polar surface area (TPSA) is 92.5 Å². The first-order valence-electron chi connectivity index (χ1n) is 11.4. The Bertz CT molecular complexity index is 1270. The van der Waals surface area contributed by atoms with Gasteiger partial charge in [-0.15, -0.1) is 0 Å². The molecule has 0 saturated heterocycles. The van der Waals surface area contributed by atoms with Crippen LogP contribution < -0.4 is 9.62 Å². The van der Waals surface area contributed by atoms with Gasteiger partial charge in [0, 0.05) is 18.7 Å². The van der Waals surface area contributed by atoms with Crippen LogP contribution in [0, 0.1) is 10.5 Å². The number of furan rings is 1. The average Bonchev–Trinajstić information content (AvgIpc) is 3.18. The van der Waals surface area contributed by atoms with Crippen molar-refractivity contribution in [1.82, 2.24) is 10.3 Å². The van der Waals surface area contributed by atoms with Crippen molar-refractivity contribution in [3.05, 3.63) is 52.0 Å². The summed E-state index contributed by atoms with van der Waals surface area (Å²) in [7, 11) is -2.04. The molecule has 2 heterocycles. The first kappa shape index (κ1) is 26.5. The monoisotopic (exact) mass is 596 g/mol. The zero-order valence-corrected chi connectivity index (χ0v) is 23.0. The second-order valence-corrected chi connectivity index (χ2v) is 11.2. The van der Waals surface area contributed by atoms with Gasteiger partial charge in [0.25, 0.3) is 5.91 Å². The van der Waals surface area contributed by atoms with Crippen LogP contribution in [-0.2, 0) is 16.4 Å². The van der Waals surface area contributed by atoms with Crippen molar-refractivity contribution in [3.8, 4) is 11.3 Å². The molecule has 1 radical (unpaired) electrons. The van der Waals surface area contributed by atoms with Crippen molar-refractivity contribution >= 4 is 55.4 Å². The summed E-state index contributed by atoms with van der Waals surface area (Å²) < 4.78 is 33.9. The fourth-order valence-electron chi connectivity index (χ4n) is 4.06. The van der Waals surface area contributed by atoms with Crippen LogP contribution in [0.25, 0.3) is 22.4 Å². The molecule has 1 unspecified atom stereocenters. The van der Waals surface area contributed by atoms with Crippen LogP contribution in [0.1, 0.15) is 55.5 Å². The third-order valence-corrected chi connectivity index (χ3v) is 7.83. The molecule has 0 aliphatic rings. The van der Waals surface area contributed by atoms with E-state index in [1.54, 1.807) is 13.1 Å². The number of aryl methyl sites for hydroxylation is 1. The Hall–Kier alpha value is -2.14. The summed E-state index contributed by atoms with van der Waals surface area (Å²) in [5, 5.41) is 3.23.